The van der Waals surface area contributed by atoms with Crippen LogP contribution >= 0.6 is 0 Å². The van der Waals surface area contributed by atoms with Crippen molar-refractivity contribution in [3.63, 3.8) is 0 Å². The molecule has 25 heavy (non-hydrogen) atoms. The molecule has 0 aliphatic heterocycles. The molecule has 0 unspecified atom stereocenters. The fraction of sp³-hybridized carbons (Fsp3) is 0.381. The molecule has 1 aliphatic rings. The van der Waals surface area contributed by atoms with Crippen molar-refractivity contribution in [3.05, 3.63) is 66.3 Å². The summed E-state index contributed by atoms with van der Waals surface area (Å²) in [6.45, 7) is 0. The topological polar surface area (TPSA) is 51.8 Å². The molecule has 2 heterocycles. The predicted molar refractivity (Wildman–Crippen MR) is 97.1 cm³/mol. The molecule has 1 fully saturated rings. The van der Waals surface area contributed by atoms with Gasteiger partial charge in [-0.3, -0.25) is 4.98 Å². The number of aryl methyl sites for hydroxylation is 1. The fourth-order valence-corrected chi connectivity index (χ4v) is 4.02. The van der Waals surface area contributed by atoms with E-state index in [9.17, 15) is 0 Å². The van der Waals surface area contributed by atoms with E-state index in [1.807, 2.05) is 12.1 Å². The maximum Gasteiger partial charge on any atom is 0.226 e. The molecule has 0 bridgehead atoms. The Kier molecular flexibility index (Phi) is 4.59. The molecule has 1 aliphatic carbocycles. The molecule has 4 heteroatoms. The van der Waals surface area contributed by atoms with E-state index in [0.717, 1.165) is 24.3 Å². The molecule has 128 valence electrons. The van der Waals surface area contributed by atoms with Gasteiger partial charge in [0.1, 0.15) is 0 Å². The quantitative estimate of drug-likeness (QED) is 0.662. The lowest BCUT2D eigenvalue weighted by atomic mass is 9.67. The Bertz CT molecular complexity index is 792. The van der Waals surface area contributed by atoms with Gasteiger partial charge in [0.05, 0.1) is 0 Å². The number of rotatable bonds is 5. The fourth-order valence-electron chi connectivity index (χ4n) is 4.02. The maximum absolute atomic E-state index is 5.50. The average molecular weight is 333 g/mol. The molecular weight excluding hydrogens is 310 g/mol. The minimum atomic E-state index is 0.252. The summed E-state index contributed by atoms with van der Waals surface area (Å²) >= 11 is 0. The molecule has 0 amide bonds. The summed E-state index contributed by atoms with van der Waals surface area (Å²) in [5.41, 5.74) is 2.61. The lowest BCUT2D eigenvalue weighted by Gasteiger charge is -2.38. The Balaban J connectivity index is 1.51. The van der Waals surface area contributed by atoms with Crippen LogP contribution in [0.1, 0.15) is 50.0 Å². The molecule has 0 radical (unpaired) electrons. The summed E-state index contributed by atoms with van der Waals surface area (Å²) in [5.74, 6) is 1.35. The minimum Gasteiger partial charge on any atom is -0.339 e. The van der Waals surface area contributed by atoms with Gasteiger partial charge in [0, 0.05) is 24.4 Å². The summed E-state index contributed by atoms with van der Waals surface area (Å²) in [5, 5.41) is 4.12. The van der Waals surface area contributed by atoms with E-state index in [-0.39, 0.29) is 5.41 Å². The van der Waals surface area contributed by atoms with Crippen LogP contribution < -0.4 is 0 Å². The number of hydrogen-bond donors (Lipinski definition) is 0. The van der Waals surface area contributed by atoms with Crippen molar-refractivity contribution in [2.45, 2.75) is 50.4 Å². The van der Waals surface area contributed by atoms with E-state index >= 15 is 0 Å². The molecule has 1 aromatic carbocycles. The Labute approximate surface area is 148 Å². The number of nitrogens with zero attached hydrogens (tertiary/aromatic N) is 3. The molecule has 0 spiro atoms. The summed E-state index contributed by atoms with van der Waals surface area (Å²) in [4.78, 5) is 8.69. The van der Waals surface area contributed by atoms with Gasteiger partial charge in [0.25, 0.3) is 0 Å². The van der Waals surface area contributed by atoms with Gasteiger partial charge in [-0.15, -0.1) is 0 Å². The molecule has 2 aromatic heterocycles. The molecule has 4 nitrogen and oxygen atoms in total. The number of pyridine rings is 1. The first kappa shape index (κ1) is 16.0. The third kappa shape index (κ3) is 3.48. The van der Waals surface area contributed by atoms with E-state index in [4.69, 9.17) is 4.52 Å². The average Bonchev–Trinajstić information content (AvgIpc) is 3.18. The van der Waals surface area contributed by atoms with Crippen LogP contribution in [0, 0.1) is 0 Å². The van der Waals surface area contributed by atoms with Gasteiger partial charge in [-0.1, -0.05) is 54.8 Å². The lowest BCUT2D eigenvalue weighted by molar-refractivity contribution is 0.261. The summed E-state index contributed by atoms with van der Waals surface area (Å²) < 4.78 is 5.50. The van der Waals surface area contributed by atoms with E-state index in [1.54, 1.807) is 12.4 Å². The van der Waals surface area contributed by atoms with Gasteiger partial charge in [-0.05, 0) is 42.4 Å². The third-order valence-corrected chi connectivity index (χ3v) is 5.40. The van der Waals surface area contributed by atoms with Crippen molar-refractivity contribution in [3.8, 4) is 11.4 Å². The van der Waals surface area contributed by atoms with Crippen LogP contribution in [-0.4, -0.2) is 15.1 Å². The van der Waals surface area contributed by atoms with Crippen LogP contribution in [0.5, 0.6) is 0 Å². The second-order valence-corrected chi connectivity index (χ2v) is 6.96. The Morgan fingerprint density at radius 2 is 1.80 bits per heavy atom. The van der Waals surface area contributed by atoms with Gasteiger partial charge < -0.3 is 4.52 Å². The Morgan fingerprint density at radius 1 is 0.960 bits per heavy atom. The first-order chi connectivity index (χ1) is 12.4. The van der Waals surface area contributed by atoms with Gasteiger partial charge in [-0.2, -0.15) is 4.98 Å². The zero-order valence-electron chi connectivity index (χ0n) is 14.4. The smallest absolute Gasteiger partial charge is 0.226 e. The molecular formula is C21H23N3O. The van der Waals surface area contributed by atoms with Crippen molar-refractivity contribution >= 4 is 0 Å². The number of aromatic nitrogens is 3. The summed E-state index contributed by atoms with van der Waals surface area (Å²) in [7, 11) is 0. The van der Waals surface area contributed by atoms with Crippen LogP contribution in [-0.2, 0) is 11.8 Å². The molecule has 3 aromatic rings. The van der Waals surface area contributed by atoms with Crippen molar-refractivity contribution < 1.29 is 4.52 Å². The predicted octanol–water partition coefficient (Wildman–Crippen LogP) is 4.97. The molecule has 0 saturated heterocycles. The van der Waals surface area contributed by atoms with Crippen LogP contribution in [0.15, 0.2) is 59.4 Å². The van der Waals surface area contributed by atoms with Crippen LogP contribution in [0.3, 0.4) is 0 Å². The standard InChI is InChI=1S/C21H23N3O/c1-3-9-18(10-4-1)21(12-5-2-6-13-21)14-11-19-23-20(24-25-19)17-8-7-15-22-16-17/h1,3-4,7-10,15-16H,2,5-6,11-14H2. The van der Waals surface area contributed by atoms with Crippen LogP contribution in [0.2, 0.25) is 0 Å². The van der Waals surface area contributed by atoms with E-state index in [2.05, 4.69) is 45.5 Å². The highest BCUT2D eigenvalue weighted by Crippen LogP contribution is 2.42. The zero-order valence-corrected chi connectivity index (χ0v) is 14.4. The Hall–Kier alpha value is -2.49. The first-order valence-corrected chi connectivity index (χ1v) is 9.14. The molecule has 1 saturated carbocycles. The Morgan fingerprint density at radius 3 is 2.56 bits per heavy atom. The van der Waals surface area contributed by atoms with Crippen molar-refractivity contribution in [2.75, 3.05) is 0 Å². The normalized spacial score (nSPS) is 16.6. The highest BCUT2D eigenvalue weighted by Gasteiger charge is 2.33. The zero-order chi connectivity index (χ0) is 17.0. The first-order valence-electron chi connectivity index (χ1n) is 9.14. The van der Waals surface area contributed by atoms with Crippen LogP contribution in [0.25, 0.3) is 11.4 Å². The second-order valence-electron chi connectivity index (χ2n) is 6.96. The maximum atomic E-state index is 5.50. The van der Waals surface area contributed by atoms with Crippen molar-refractivity contribution in [2.24, 2.45) is 0 Å². The number of benzene rings is 1. The SMILES string of the molecule is c1ccc(C2(CCc3nc(-c4cccnc4)no3)CCCCC2)cc1. The van der Waals surface area contributed by atoms with Crippen molar-refractivity contribution in [1.29, 1.82) is 0 Å². The third-order valence-electron chi connectivity index (χ3n) is 5.40. The molecule has 4 rings (SSSR count). The summed E-state index contributed by atoms with van der Waals surface area (Å²) in [6, 6.07) is 14.8. The second kappa shape index (κ2) is 7.18. The monoisotopic (exact) mass is 333 g/mol. The van der Waals surface area contributed by atoms with E-state index in [0.29, 0.717) is 5.82 Å². The number of hydrogen-bond acceptors (Lipinski definition) is 4. The minimum absolute atomic E-state index is 0.252. The van der Waals surface area contributed by atoms with Gasteiger partial charge in [0.2, 0.25) is 11.7 Å². The molecule has 0 atom stereocenters. The summed E-state index contributed by atoms with van der Waals surface area (Å²) in [6.07, 6.45) is 11.9. The lowest BCUT2D eigenvalue weighted by Crippen LogP contribution is -2.29. The van der Waals surface area contributed by atoms with E-state index < -0.39 is 0 Å². The van der Waals surface area contributed by atoms with Gasteiger partial charge >= 0.3 is 0 Å². The molecule has 0 N–H and O–H groups in total. The van der Waals surface area contributed by atoms with Crippen LogP contribution in [0.4, 0.5) is 0 Å². The largest absolute Gasteiger partial charge is 0.339 e. The van der Waals surface area contributed by atoms with Gasteiger partial charge in [0.15, 0.2) is 0 Å². The van der Waals surface area contributed by atoms with Gasteiger partial charge in [-0.25, -0.2) is 0 Å². The van der Waals surface area contributed by atoms with Crippen molar-refractivity contribution in [1.82, 2.24) is 15.1 Å². The highest BCUT2D eigenvalue weighted by atomic mass is 16.5. The highest BCUT2D eigenvalue weighted by molar-refractivity contribution is 5.51. The van der Waals surface area contributed by atoms with E-state index in [1.165, 1.54) is 37.7 Å².